The number of nitrogens with zero attached hydrogens (tertiary/aromatic N) is 3. The highest BCUT2D eigenvalue weighted by Gasteiger charge is 2.06. The maximum absolute atomic E-state index is 13.0. The van der Waals surface area contributed by atoms with Crippen LogP contribution >= 0.6 is 0 Å². The van der Waals surface area contributed by atoms with Crippen molar-refractivity contribution in [2.75, 3.05) is 0 Å². The number of fused-ring (bicyclic) bond motifs is 1. The van der Waals surface area contributed by atoms with Gasteiger partial charge < -0.3 is 0 Å². The van der Waals surface area contributed by atoms with Gasteiger partial charge in [0.25, 0.3) is 0 Å². The smallest absolute Gasteiger partial charge is 0.125 e. The summed E-state index contributed by atoms with van der Waals surface area (Å²) in [6.07, 6.45) is 0. The van der Waals surface area contributed by atoms with Gasteiger partial charge in [-0.05, 0) is 18.1 Å². The topological polar surface area (TPSA) is 30.7 Å². The highest BCUT2D eigenvalue weighted by Crippen LogP contribution is 2.13. The number of aromatic nitrogens is 3. The van der Waals surface area contributed by atoms with Gasteiger partial charge in [-0.25, -0.2) is 9.07 Å². The van der Waals surface area contributed by atoms with Gasteiger partial charge >= 0.3 is 0 Å². The lowest BCUT2D eigenvalue weighted by Crippen LogP contribution is -2.05. The van der Waals surface area contributed by atoms with Crippen molar-refractivity contribution in [3.63, 3.8) is 0 Å². The first kappa shape index (κ1) is 9.12. The Kier molecular flexibility index (Phi) is 2.19. The second-order valence-corrected chi connectivity index (χ2v) is 3.80. The molecule has 0 aliphatic carbocycles. The average molecular weight is 193 g/mol. The molecule has 0 aliphatic rings. The van der Waals surface area contributed by atoms with E-state index in [4.69, 9.17) is 0 Å². The molecular weight excluding hydrogens is 181 g/mol. The molecule has 1 aromatic heterocycles. The molecule has 1 heterocycles. The molecule has 3 nitrogen and oxygen atoms in total. The third-order valence-electron chi connectivity index (χ3n) is 2.01. The molecule has 0 radical (unpaired) electrons. The summed E-state index contributed by atoms with van der Waals surface area (Å²) in [5.41, 5.74) is 1.51. The van der Waals surface area contributed by atoms with Gasteiger partial charge in [-0.1, -0.05) is 19.1 Å². The van der Waals surface area contributed by atoms with Crippen LogP contribution in [-0.2, 0) is 6.54 Å². The third kappa shape index (κ3) is 1.60. The van der Waals surface area contributed by atoms with E-state index in [9.17, 15) is 4.39 Å². The Morgan fingerprint density at radius 1 is 1.43 bits per heavy atom. The minimum Gasteiger partial charge on any atom is -0.244 e. The summed E-state index contributed by atoms with van der Waals surface area (Å²) in [5, 5.41) is 7.94. The Labute approximate surface area is 81.5 Å². The zero-order valence-electron chi connectivity index (χ0n) is 8.24. The molecule has 0 aliphatic heterocycles. The number of hydrogen-bond donors (Lipinski definition) is 0. The molecule has 14 heavy (non-hydrogen) atoms. The summed E-state index contributed by atoms with van der Waals surface area (Å²) in [7, 11) is 0. The van der Waals surface area contributed by atoms with Crippen LogP contribution in [0.5, 0.6) is 0 Å². The molecule has 0 amide bonds. The molecule has 0 unspecified atom stereocenters. The van der Waals surface area contributed by atoms with Crippen molar-refractivity contribution < 1.29 is 4.39 Å². The summed E-state index contributed by atoms with van der Waals surface area (Å²) in [4.78, 5) is 0. The molecule has 0 spiro atoms. The van der Waals surface area contributed by atoms with E-state index in [1.165, 1.54) is 12.1 Å². The van der Waals surface area contributed by atoms with Crippen molar-refractivity contribution in [2.45, 2.75) is 20.4 Å². The second-order valence-electron chi connectivity index (χ2n) is 3.80. The molecule has 0 saturated carbocycles. The SMILES string of the molecule is CC(C)Cn1nnc2ccc(F)cc21. The summed E-state index contributed by atoms with van der Waals surface area (Å²) >= 11 is 0. The van der Waals surface area contributed by atoms with Gasteiger partial charge in [0.1, 0.15) is 11.3 Å². The number of halogens is 1. The van der Waals surface area contributed by atoms with Crippen molar-refractivity contribution in [1.29, 1.82) is 0 Å². The van der Waals surface area contributed by atoms with E-state index < -0.39 is 0 Å². The Hall–Kier alpha value is -1.45. The standard InChI is InChI=1S/C10H12FN3/c1-7(2)6-14-10-5-8(11)3-4-9(10)12-13-14/h3-5,7H,6H2,1-2H3. The monoisotopic (exact) mass is 193 g/mol. The van der Waals surface area contributed by atoms with E-state index >= 15 is 0 Å². The van der Waals surface area contributed by atoms with Crippen LogP contribution in [0, 0.1) is 11.7 Å². The van der Waals surface area contributed by atoms with E-state index in [1.807, 2.05) is 0 Å². The van der Waals surface area contributed by atoms with Gasteiger partial charge in [0.05, 0.1) is 5.52 Å². The highest BCUT2D eigenvalue weighted by molar-refractivity contribution is 5.73. The van der Waals surface area contributed by atoms with Crippen LogP contribution in [0.1, 0.15) is 13.8 Å². The fourth-order valence-electron chi connectivity index (χ4n) is 1.42. The summed E-state index contributed by atoms with van der Waals surface area (Å²) in [6, 6.07) is 4.52. The zero-order chi connectivity index (χ0) is 10.1. The Balaban J connectivity index is 2.50. The fourth-order valence-corrected chi connectivity index (χ4v) is 1.42. The van der Waals surface area contributed by atoms with Gasteiger partial charge in [-0.3, -0.25) is 0 Å². The lowest BCUT2D eigenvalue weighted by atomic mass is 10.2. The number of hydrogen-bond acceptors (Lipinski definition) is 2. The minimum absolute atomic E-state index is 0.246. The Morgan fingerprint density at radius 2 is 2.21 bits per heavy atom. The molecule has 0 saturated heterocycles. The largest absolute Gasteiger partial charge is 0.244 e. The predicted molar refractivity (Wildman–Crippen MR) is 52.3 cm³/mol. The summed E-state index contributed by atoms with van der Waals surface area (Å²) in [5.74, 6) is 0.230. The first-order chi connectivity index (χ1) is 6.66. The van der Waals surface area contributed by atoms with E-state index in [0.717, 1.165) is 17.6 Å². The zero-order valence-corrected chi connectivity index (χ0v) is 8.24. The van der Waals surface area contributed by atoms with Crippen LogP contribution in [0.25, 0.3) is 11.0 Å². The van der Waals surface area contributed by atoms with E-state index in [2.05, 4.69) is 24.2 Å². The maximum Gasteiger partial charge on any atom is 0.125 e. The quantitative estimate of drug-likeness (QED) is 0.732. The minimum atomic E-state index is -0.246. The molecule has 74 valence electrons. The summed E-state index contributed by atoms with van der Waals surface area (Å²) in [6.45, 7) is 4.94. The molecule has 0 fully saturated rings. The van der Waals surface area contributed by atoms with Crippen LogP contribution in [0.3, 0.4) is 0 Å². The van der Waals surface area contributed by atoms with E-state index in [-0.39, 0.29) is 5.82 Å². The van der Waals surface area contributed by atoms with Crippen LogP contribution in [0.2, 0.25) is 0 Å². The molecule has 4 heteroatoms. The number of benzene rings is 1. The number of rotatable bonds is 2. The van der Waals surface area contributed by atoms with Crippen molar-refractivity contribution in [2.24, 2.45) is 5.92 Å². The maximum atomic E-state index is 13.0. The third-order valence-corrected chi connectivity index (χ3v) is 2.01. The molecule has 2 aromatic rings. The molecule has 0 atom stereocenters. The summed E-state index contributed by atoms with van der Waals surface area (Å²) < 4.78 is 14.7. The van der Waals surface area contributed by atoms with E-state index in [1.54, 1.807) is 10.7 Å². The van der Waals surface area contributed by atoms with Crippen LogP contribution in [-0.4, -0.2) is 15.0 Å². The van der Waals surface area contributed by atoms with Crippen LogP contribution in [0.4, 0.5) is 4.39 Å². The molecule has 1 aromatic carbocycles. The fraction of sp³-hybridized carbons (Fsp3) is 0.400. The second kappa shape index (κ2) is 3.36. The van der Waals surface area contributed by atoms with Crippen molar-refractivity contribution >= 4 is 11.0 Å². The van der Waals surface area contributed by atoms with Gasteiger partial charge in [-0.2, -0.15) is 0 Å². The lowest BCUT2D eigenvalue weighted by molar-refractivity contribution is 0.482. The van der Waals surface area contributed by atoms with Gasteiger partial charge in [0.15, 0.2) is 0 Å². The van der Waals surface area contributed by atoms with Gasteiger partial charge in [0.2, 0.25) is 0 Å². The molecule has 0 bridgehead atoms. The van der Waals surface area contributed by atoms with E-state index in [0.29, 0.717) is 5.92 Å². The first-order valence-corrected chi connectivity index (χ1v) is 4.65. The first-order valence-electron chi connectivity index (χ1n) is 4.65. The molecule has 2 rings (SSSR count). The highest BCUT2D eigenvalue weighted by atomic mass is 19.1. The molecular formula is C10H12FN3. The predicted octanol–water partition coefficient (Wildman–Crippen LogP) is 2.23. The molecule has 0 N–H and O–H groups in total. The Morgan fingerprint density at radius 3 is 2.93 bits per heavy atom. The Bertz CT molecular complexity index is 448. The lowest BCUT2D eigenvalue weighted by Gasteiger charge is -2.04. The van der Waals surface area contributed by atoms with Crippen molar-refractivity contribution in [1.82, 2.24) is 15.0 Å². The normalized spacial score (nSPS) is 11.4. The van der Waals surface area contributed by atoms with Gasteiger partial charge in [-0.15, -0.1) is 5.10 Å². The van der Waals surface area contributed by atoms with Crippen molar-refractivity contribution in [3.05, 3.63) is 24.0 Å². The van der Waals surface area contributed by atoms with Crippen LogP contribution in [0.15, 0.2) is 18.2 Å². The average Bonchev–Trinajstić information content (AvgIpc) is 2.47. The van der Waals surface area contributed by atoms with Gasteiger partial charge in [0, 0.05) is 12.6 Å². The van der Waals surface area contributed by atoms with Crippen LogP contribution < -0.4 is 0 Å². The van der Waals surface area contributed by atoms with Crippen molar-refractivity contribution in [3.8, 4) is 0 Å².